The normalized spacial score (nSPS) is 12.3. The van der Waals surface area contributed by atoms with Crippen molar-refractivity contribution in [2.24, 2.45) is 0 Å². The van der Waals surface area contributed by atoms with E-state index in [9.17, 15) is 22.8 Å². The maximum Gasteiger partial charge on any atom is 0.451 e. The van der Waals surface area contributed by atoms with Gasteiger partial charge in [-0.2, -0.15) is 13.2 Å². The van der Waals surface area contributed by atoms with E-state index in [0.29, 0.717) is 19.3 Å². The summed E-state index contributed by atoms with van der Waals surface area (Å²) in [4.78, 5) is 24.4. The van der Waals surface area contributed by atoms with Crippen molar-refractivity contribution < 1.29 is 18.0 Å². The predicted molar refractivity (Wildman–Crippen MR) is 93.0 cm³/mol. The fourth-order valence-electron chi connectivity index (χ4n) is 2.36. The minimum atomic E-state index is -4.75. The highest BCUT2D eigenvalue weighted by Crippen LogP contribution is 2.29. The molecule has 1 aromatic carbocycles. The molecule has 2 rings (SSSR count). The third-order valence-corrected chi connectivity index (χ3v) is 4.18. The summed E-state index contributed by atoms with van der Waals surface area (Å²) in [6.07, 6.45) is -4.75. The molecule has 0 radical (unpaired) electrons. The van der Waals surface area contributed by atoms with Crippen molar-refractivity contribution in [1.29, 1.82) is 0 Å². The van der Waals surface area contributed by atoms with E-state index in [4.69, 9.17) is 0 Å². The molecule has 0 spiro atoms. The molecule has 0 aliphatic rings. The zero-order valence-corrected chi connectivity index (χ0v) is 16.0. The first-order valence-electron chi connectivity index (χ1n) is 7.73. The van der Waals surface area contributed by atoms with Crippen molar-refractivity contribution in [2.45, 2.75) is 39.0 Å². The van der Waals surface area contributed by atoms with Gasteiger partial charge in [0, 0.05) is 16.6 Å². The molecule has 2 aromatic rings. The molecule has 142 valence electrons. The van der Waals surface area contributed by atoms with Gasteiger partial charge in [-0.25, -0.2) is 9.48 Å². The van der Waals surface area contributed by atoms with Crippen LogP contribution in [0.3, 0.4) is 0 Å². The minimum Gasteiger partial charge on any atom is -0.350 e. The molecular weight excluding hydrogens is 417 g/mol. The number of halogens is 4. The van der Waals surface area contributed by atoms with Gasteiger partial charge in [-0.05, 0) is 48.8 Å². The first-order chi connectivity index (χ1) is 11.9. The summed E-state index contributed by atoms with van der Waals surface area (Å²) >= 11 is 3.25. The van der Waals surface area contributed by atoms with Gasteiger partial charge in [0.1, 0.15) is 0 Å². The molecule has 0 unspecified atom stereocenters. The number of hydrogen-bond donors (Lipinski definition) is 1. The lowest BCUT2D eigenvalue weighted by Gasteiger charge is -2.21. The number of nitrogens with zero attached hydrogens (tertiary/aromatic N) is 3. The van der Waals surface area contributed by atoms with Crippen LogP contribution in [0.5, 0.6) is 0 Å². The van der Waals surface area contributed by atoms with Crippen LogP contribution < -0.4 is 11.0 Å². The molecule has 1 aromatic heterocycles. The summed E-state index contributed by atoms with van der Waals surface area (Å²) in [6, 6.07) is 6.73. The Hall–Kier alpha value is -2.10. The molecule has 1 N–H and O–H groups in total. The van der Waals surface area contributed by atoms with Crippen LogP contribution in [0.4, 0.5) is 13.2 Å². The third-order valence-electron chi connectivity index (χ3n) is 3.49. The highest BCUT2D eigenvalue weighted by molar-refractivity contribution is 9.10. The van der Waals surface area contributed by atoms with Gasteiger partial charge in [0.2, 0.25) is 5.82 Å². The molecule has 6 nitrogen and oxygen atoms in total. The quantitative estimate of drug-likeness (QED) is 0.803. The van der Waals surface area contributed by atoms with Gasteiger partial charge in [-0.15, -0.1) is 5.10 Å². The number of aromatic nitrogens is 3. The fourth-order valence-corrected chi connectivity index (χ4v) is 2.82. The van der Waals surface area contributed by atoms with E-state index in [-0.39, 0.29) is 13.1 Å². The van der Waals surface area contributed by atoms with Crippen LogP contribution in [0.2, 0.25) is 0 Å². The van der Waals surface area contributed by atoms with Crippen LogP contribution in [0, 0.1) is 0 Å². The van der Waals surface area contributed by atoms with Crippen LogP contribution in [0.25, 0.3) is 0 Å². The van der Waals surface area contributed by atoms with E-state index in [1.54, 1.807) is 24.3 Å². The van der Waals surface area contributed by atoms with Crippen molar-refractivity contribution in [3.05, 3.63) is 50.6 Å². The topological polar surface area (TPSA) is 68.9 Å². The lowest BCUT2D eigenvalue weighted by Crippen LogP contribution is -2.38. The standard InChI is InChI=1S/C16H18BrF3N4O2/c1-15(2,3)24-13(16(18,19)20)22-23(14(24)26)9-8-21-12(25)10-6-4-5-7-11(10)17/h4-7H,8-9H2,1-3H3,(H,21,25). The van der Waals surface area contributed by atoms with E-state index in [2.05, 4.69) is 26.3 Å². The van der Waals surface area contributed by atoms with Gasteiger partial charge < -0.3 is 5.32 Å². The number of alkyl halides is 3. The first-order valence-corrected chi connectivity index (χ1v) is 8.52. The van der Waals surface area contributed by atoms with Crippen LogP contribution in [0.1, 0.15) is 37.0 Å². The van der Waals surface area contributed by atoms with Gasteiger partial charge >= 0.3 is 11.9 Å². The Balaban J connectivity index is 2.18. The van der Waals surface area contributed by atoms with Gasteiger partial charge in [0.15, 0.2) is 0 Å². The van der Waals surface area contributed by atoms with Crippen LogP contribution in [0.15, 0.2) is 33.5 Å². The molecule has 0 aliphatic heterocycles. The Morgan fingerprint density at radius 3 is 2.35 bits per heavy atom. The predicted octanol–water partition coefficient (Wildman–Crippen LogP) is 3.01. The van der Waals surface area contributed by atoms with Crippen LogP contribution >= 0.6 is 15.9 Å². The molecule has 0 saturated carbocycles. The zero-order valence-electron chi connectivity index (χ0n) is 14.4. The minimum absolute atomic E-state index is 0.0431. The number of carbonyl (C=O) groups is 1. The van der Waals surface area contributed by atoms with Gasteiger partial charge in [0.25, 0.3) is 5.91 Å². The smallest absolute Gasteiger partial charge is 0.350 e. The summed E-state index contributed by atoms with van der Waals surface area (Å²) in [5, 5.41) is 5.98. The van der Waals surface area contributed by atoms with Gasteiger partial charge in [-0.3, -0.25) is 9.36 Å². The van der Waals surface area contributed by atoms with Crippen molar-refractivity contribution in [2.75, 3.05) is 6.54 Å². The molecule has 1 amide bonds. The SMILES string of the molecule is CC(C)(C)n1c(C(F)(F)F)nn(CCNC(=O)c2ccccc2Br)c1=O. The number of nitrogens with one attached hydrogen (secondary N) is 1. The number of benzene rings is 1. The lowest BCUT2D eigenvalue weighted by molar-refractivity contribution is -0.149. The third kappa shape index (κ3) is 4.35. The van der Waals surface area contributed by atoms with Crippen molar-refractivity contribution in [1.82, 2.24) is 19.7 Å². The maximum atomic E-state index is 13.2. The molecular formula is C16H18BrF3N4O2. The number of carbonyl (C=O) groups excluding carboxylic acids is 1. The molecule has 1 heterocycles. The maximum absolute atomic E-state index is 13.2. The van der Waals surface area contributed by atoms with Gasteiger partial charge in [0.05, 0.1) is 12.1 Å². The van der Waals surface area contributed by atoms with Crippen molar-refractivity contribution >= 4 is 21.8 Å². The Kier molecular flexibility index (Phi) is 5.64. The second kappa shape index (κ2) is 7.26. The Morgan fingerprint density at radius 1 is 1.23 bits per heavy atom. The van der Waals surface area contributed by atoms with E-state index in [1.165, 1.54) is 20.8 Å². The summed E-state index contributed by atoms with van der Waals surface area (Å²) in [5.41, 5.74) is -1.57. The first kappa shape index (κ1) is 20.2. The van der Waals surface area contributed by atoms with Crippen LogP contribution in [-0.4, -0.2) is 26.8 Å². The highest BCUT2D eigenvalue weighted by atomic mass is 79.9. The second-order valence-corrected chi connectivity index (χ2v) is 7.42. The summed E-state index contributed by atoms with van der Waals surface area (Å²) in [6.45, 7) is 4.25. The monoisotopic (exact) mass is 434 g/mol. The van der Waals surface area contributed by atoms with Gasteiger partial charge in [-0.1, -0.05) is 12.1 Å². The Bertz CT molecular complexity index is 866. The Morgan fingerprint density at radius 2 is 1.85 bits per heavy atom. The summed E-state index contributed by atoms with van der Waals surface area (Å²) < 4.78 is 41.5. The lowest BCUT2D eigenvalue weighted by atomic mass is 10.1. The number of hydrogen-bond acceptors (Lipinski definition) is 3. The van der Waals surface area contributed by atoms with E-state index >= 15 is 0 Å². The van der Waals surface area contributed by atoms with E-state index in [0.717, 1.165) is 0 Å². The van der Waals surface area contributed by atoms with E-state index in [1.807, 2.05) is 0 Å². The summed E-state index contributed by atoms with van der Waals surface area (Å²) in [7, 11) is 0. The fraction of sp³-hybridized carbons (Fsp3) is 0.438. The molecule has 10 heteroatoms. The highest BCUT2D eigenvalue weighted by Gasteiger charge is 2.41. The molecule has 0 atom stereocenters. The molecule has 0 bridgehead atoms. The molecule has 0 saturated heterocycles. The van der Waals surface area contributed by atoms with Crippen molar-refractivity contribution in [3.63, 3.8) is 0 Å². The zero-order chi connectivity index (χ0) is 19.7. The second-order valence-electron chi connectivity index (χ2n) is 6.57. The molecule has 26 heavy (non-hydrogen) atoms. The largest absolute Gasteiger partial charge is 0.451 e. The molecule has 0 aliphatic carbocycles. The van der Waals surface area contributed by atoms with Crippen molar-refractivity contribution in [3.8, 4) is 0 Å². The molecule has 0 fully saturated rings. The summed E-state index contributed by atoms with van der Waals surface area (Å²) in [5.74, 6) is -1.66. The average Bonchev–Trinajstić information content (AvgIpc) is 2.85. The number of rotatable bonds is 4. The van der Waals surface area contributed by atoms with E-state index < -0.39 is 29.1 Å². The Labute approximate surface area is 156 Å². The average molecular weight is 435 g/mol. The number of amides is 1. The van der Waals surface area contributed by atoms with Crippen LogP contribution in [-0.2, 0) is 18.3 Å².